The number of nitrogens with one attached hydrogen (secondary N) is 1. The van der Waals surface area contributed by atoms with Gasteiger partial charge in [-0.25, -0.2) is 14.1 Å². The van der Waals surface area contributed by atoms with Crippen molar-refractivity contribution >= 4 is 17.4 Å². The average Bonchev–Trinajstić information content (AvgIpc) is 3.48. The predicted molar refractivity (Wildman–Crippen MR) is 102 cm³/mol. The third-order valence-electron chi connectivity index (χ3n) is 4.93. The predicted octanol–water partition coefficient (Wildman–Crippen LogP) is 1.46. The molecule has 29 heavy (non-hydrogen) atoms. The molecule has 0 aliphatic carbocycles. The zero-order valence-corrected chi connectivity index (χ0v) is 15.3. The van der Waals surface area contributed by atoms with E-state index in [4.69, 9.17) is 0 Å². The molecule has 1 amide bonds. The number of fused-ring (bicyclic) bond motifs is 1. The van der Waals surface area contributed by atoms with Crippen molar-refractivity contribution in [2.24, 2.45) is 0 Å². The highest BCUT2D eigenvalue weighted by atomic mass is 19.1. The van der Waals surface area contributed by atoms with E-state index in [2.05, 4.69) is 30.5 Å². The highest BCUT2D eigenvalue weighted by Crippen LogP contribution is 2.21. The van der Waals surface area contributed by atoms with Crippen LogP contribution in [0.4, 0.5) is 10.2 Å². The molecular formula is C19H17FN8O. The molecular weight excluding hydrogens is 375 g/mol. The van der Waals surface area contributed by atoms with Crippen LogP contribution < -0.4 is 10.2 Å². The zero-order chi connectivity index (χ0) is 19.8. The fourth-order valence-corrected chi connectivity index (χ4v) is 3.48. The van der Waals surface area contributed by atoms with Crippen molar-refractivity contribution in [3.8, 4) is 5.69 Å². The molecule has 3 aromatic heterocycles. The van der Waals surface area contributed by atoms with Gasteiger partial charge in [-0.15, -0.1) is 10.2 Å². The third-order valence-corrected chi connectivity index (χ3v) is 4.93. The lowest BCUT2D eigenvalue weighted by Crippen LogP contribution is -2.37. The van der Waals surface area contributed by atoms with Crippen LogP contribution >= 0.6 is 0 Å². The van der Waals surface area contributed by atoms with Gasteiger partial charge in [0.05, 0.1) is 5.69 Å². The number of amides is 1. The van der Waals surface area contributed by atoms with E-state index in [9.17, 15) is 9.18 Å². The molecule has 0 bridgehead atoms. The Labute approximate surface area is 164 Å². The summed E-state index contributed by atoms with van der Waals surface area (Å²) < 4.78 is 16.4. The normalized spacial score (nSPS) is 16.4. The summed E-state index contributed by atoms with van der Waals surface area (Å²) in [7, 11) is 0. The van der Waals surface area contributed by atoms with Crippen LogP contribution in [-0.2, 0) is 0 Å². The number of hydrogen-bond acceptors (Lipinski definition) is 6. The lowest BCUT2D eigenvalue weighted by Gasteiger charge is -2.17. The van der Waals surface area contributed by atoms with E-state index in [0.717, 1.165) is 18.8 Å². The van der Waals surface area contributed by atoms with Crippen molar-refractivity contribution in [3.63, 3.8) is 0 Å². The summed E-state index contributed by atoms with van der Waals surface area (Å²) in [6, 6.07) is 7.54. The molecule has 0 saturated carbocycles. The molecule has 1 fully saturated rings. The van der Waals surface area contributed by atoms with Crippen molar-refractivity contribution < 1.29 is 9.18 Å². The van der Waals surface area contributed by atoms with E-state index in [0.29, 0.717) is 23.6 Å². The lowest BCUT2D eigenvalue weighted by atomic mass is 10.2. The second-order valence-electron chi connectivity index (χ2n) is 6.84. The Bertz CT molecular complexity index is 1170. The number of halogens is 1. The summed E-state index contributed by atoms with van der Waals surface area (Å²) in [6.45, 7) is 1.39. The Morgan fingerprint density at radius 3 is 2.90 bits per heavy atom. The number of anilines is 1. The summed E-state index contributed by atoms with van der Waals surface area (Å²) in [5, 5.41) is 15.4. The number of rotatable bonds is 4. The molecule has 0 unspecified atom stereocenters. The van der Waals surface area contributed by atoms with E-state index >= 15 is 0 Å². The lowest BCUT2D eigenvalue weighted by molar-refractivity contribution is 0.0935. The maximum absolute atomic E-state index is 13.1. The minimum atomic E-state index is -0.319. The molecule has 1 aromatic carbocycles. The van der Waals surface area contributed by atoms with Gasteiger partial charge in [0.15, 0.2) is 11.5 Å². The highest BCUT2D eigenvalue weighted by molar-refractivity contribution is 5.92. The van der Waals surface area contributed by atoms with E-state index in [-0.39, 0.29) is 17.8 Å². The summed E-state index contributed by atoms with van der Waals surface area (Å²) in [5.74, 6) is 0.190. The number of benzene rings is 1. The van der Waals surface area contributed by atoms with Crippen molar-refractivity contribution in [2.45, 2.75) is 12.5 Å². The second-order valence-corrected chi connectivity index (χ2v) is 6.84. The Kier molecular flexibility index (Phi) is 4.15. The number of hydrogen-bond donors (Lipinski definition) is 1. The first-order valence-electron chi connectivity index (χ1n) is 9.19. The van der Waals surface area contributed by atoms with Gasteiger partial charge >= 0.3 is 0 Å². The van der Waals surface area contributed by atoms with Gasteiger partial charge in [0, 0.05) is 37.7 Å². The van der Waals surface area contributed by atoms with E-state index < -0.39 is 0 Å². The fourth-order valence-electron chi connectivity index (χ4n) is 3.48. The monoisotopic (exact) mass is 392 g/mol. The Balaban J connectivity index is 1.26. The van der Waals surface area contributed by atoms with Gasteiger partial charge in [-0.2, -0.15) is 5.10 Å². The Hall–Kier alpha value is -3.82. The van der Waals surface area contributed by atoms with Gasteiger partial charge in [0.2, 0.25) is 5.65 Å². The van der Waals surface area contributed by atoms with Crippen LogP contribution in [0.5, 0.6) is 0 Å². The topological polar surface area (TPSA) is 93.2 Å². The smallest absolute Gasteiger partial charge is 0.272 e. The minimum Gasteiger partial charge on any atom is -0.351 e. The molecule has 1 N–H and O–H groups in total. The molecule has 10 heteroatoms. The summed E-state index contributed by atoms with van der Waals surface area (Å²) in [6.07, 6.45) is 7.61. The number of carbonyl (C=O) groups is 1. The van der Waals surface area contributed by atoms with Crippen LogP contribution in [0.1, 0.15) is 16.9 Å². The quantitative estimate of drug-likeness (QED) is 0.565. The van der Waals surface area contributed by atoms with E-state index in [1.807, 2.05) is 4.40 Å². The standard InChI is InChI=1S/C19H17FN8O/c20-13-1-3-15(4-2-13)28-9-6-16(25-28)19(29)23-14-5-8-26(11-14)17-18-24-22-12-27(18)10-7-21-17/h1-4,6-7,9-10,12,14H,5,8,11H2,(H,23,29)/t14-/m0/s1. The molecule has 4 heterocycles. The van der Waals surface area contributed by atoms with Crippen molar-refractivity contribution in [3.05, 3.63) is 66.8 Å². The van der Waals surface area contributed by atoms with Gasteiger partial charge < -0.3 is 10.2 Å². The van der Waals surface area contributed by atoms with Gasteiger partial charge in [0.25, 0.3) is 5.91 Å². The number of nitrogens with zero attached hydrogens (tertiary/aromatic N) is 7. The van der Waals surface area contributed by atoms with Gasteiger partial charge in [0.1, 0.15) is 12.1 Å². The maximum atomic E-state index is 13.1. The van der Waals surface area contributed by atoms with Gasteiger partial charge in [-0.3, -0.25) is 9.20 Å². The number of aromatic nitrogens is 6. The first-order valence-corrected chi connectivity index (χ1v) is 9.19. The molecule has 0 radical (unpaired) electrons. The minimum absolute atomic E-state index is 0.0246. The molecule has 9 nitrogen and oxygen atoms in total. The molecule has 1 atom stereocenters. The first-order chi connectivity index (χ1) is 14.2. The maximum Gasteiger partial charge on any atom is 0.272 e. The van der Waals surface area contributed by atoms with Crippen LogP contribution in [0, 0.1) is 5.82 Å². The second kappa shape index (κ2) is 6.97. The first kappa shape index (κ1) is 17.3. The number of carbonyl (C=O) groups excluding carboxylic acids is 1. The molecule has 1 saturated heterocycles. The zero-order valence-electron chi connectivity index (χ0n) is 15.3. The average molecular weight is 392 g/mol. The Morgan fingerprint density at radius 1 is 1.17 bits per heavy atom. The van der Waals surface area contributed by atoms with Crippen LogP contribution in [0.2, 0.25) is 0 Å². The molecule has 4 aromatic rings. The fraction of sp³-hybridized carbons (Fsp3) is 0.211. The molecule has 5 rings (SSSR count). The van der Waals surface area contributed by atoms with Crippen LogP contribution in [-0.4, -0.2) is 54.4 Å². The summed E-state index contributed by atoms with van der Waals surface area (Å²) in [5.41, 5.74) is 1.69. The van der Waals surface area contributed by atoms with Crippen molar-refractivity contribution in [2.75, 3.05) is 18.0 Å². The van der Waals surface area contributed by atoms with Crippen molar-refractivity contribution in [1.82, 2.24) is 34.7 Å². The van der Waals surface area contributed by atoms with E-state index in [1.54, 1.807) is 47.8 Å². The van der Waals surface area contributed by atoms with Gasteiger partial charge in [-0.05, 0) is 36.8 Å². The molecule has 1 aliphatic heterocycles. The highest BCUT2D eigenvalue weighted by Gasteiger charge is 2.27. The van der Waals surface area contributed by atoms with Crippen LogP contribution in [0.3, 0.4) is 0 Å². The molecule has 146 valence electrons. The van der Waals surface area contributed by atoms with E-state index in [1.165, 1.54) is 12.1 Å². The largest absolute Gasteiger partial charge is 0.351 e. The van der Waals surface area contributed by atoms with Crippen LogP contribution in [0.25, 0.3) is 11.3 Å². The van der Waals surface area contributed by atoms with Crippen LogP contribution in [0.15, 0.2) is 55.2 Å². The Morgan fingerprint density at radius 2 is 2.03 bits per heavy atom. The SMILES string of the molecule is O=C(N[C@H]1CCN(c2nccn3cnnc23)C1)c1ccn(-c2ccc(F)cc2)n1. The summed E-state index contributed by atoms with van der Waals surface area (Å²) in [4.78, 5) is 19.1. The van der Waals surface area contributed by atoms with Crippen molar-refractivity contribution in [1.29, 1.82) is 0 Å². The summed E-state index contributed by atoms with van der Waals surface area (Å²) >= 11 is 0. The molecule has 1 aliphatic rings. The van der Waals surface area contributed by atoms with Gasteiger partial charge in [-0.1, -0.05) is 0 Å². The molecule has 0 spiro atoms. The third kappa shape index (κ3) is 3.28.